The van der Waals surface area contributed by atoms with Crippen LogP contribution >= 0.6 is 0 Å². The van der Waals surface area contributed by atoms with E-state index < -0.39 is 23.8 Å². The summed E-state index contributed by atoms with van der Waals surface area (Å²) in [4.78, 5) is 12.0. The van der Waals surface area contributed by atoms with Crippen LogP contribution in [0, 0.1) is 11.3 Å². The molecule has 6 nitrogen and oxygen atoms in total. The van der Waals surface area contributed by atoms with E-state index in [0.717, 1.165) is 23.8 Å². The van der Waals surface area contributed by atoms with E-state index in [1.165, 1.54) is 12.3 Å². The monoisotopic (exact) mass is 367 g/mol. The second kappa shape index (κ2) is 7.00. The van der Waals surface area contributed by atoms with E-state index in [2.05, 4.69) is 4.74 Å². The second-order valence-corrected chi connectivity index (χ2v) is 5.62. The van der Waals surface area contributed by atoms with Crippen molar-refractivity contribution in [1.82, 2.24) is 4.57 Å². The Morgan fingerprint density at radius 3 is 2.50 bits per heavy atom. The van der Waals surface area contributed by atoms with E-state index in [9.17, 15) is 18.0 Å². The maximum atomic E-state index is 13.4. The maximum Gasteiger partial charge on any atom is 0.420 e. The summed E-state index contributed by atoms with van der Waals surface area (Å²) < 4.78 is 51.2. The molecule has 0 fully saturated rings. The zero-order chi connectivity index (χ0) is 19.6. The van der Waals surface area contributed by atoms with Gasteiger partial charge in [0.2, 0.25) is 0 Å². The van der Waals surface area contributed by atoms with Gasteiger partial charge in [-0.05, 0) is 32.0 Å². The number of alkyl halides is 3. The Kier molecular flexibility index (Phi) is 5.16. The molecule has 1 aromatic carbocycles. The van der Waals surface area contributed by atoms with Gasteiger partial charge in [-0.15, -0.1) is 0 Å². The predicted octanol–water partition coefficient (Wildman–Crippen LogP) is 3.52. The number of methoxy groups -OCH3 is 1. The standard InChI is InChI=1S/C17H16F3N3O3/c1-9(2)26-13-5-4-11(6-12(13)17(18,19)20)23-8-10(7-21)14(22)15(23)16(24)25-3/h4-6,8-9H,22H2,1-3H3. The number of ether oxygens (including phenoxy) is 2. The van der Waals surface area contributed by atoms with Crippen molar-refractivity contribution in [2.45, 2.75) is 26.1 Å². The molecule has 0 amide bonds. The summed E-state index contributed by atoms with van der Waals surface area (Å²) in [5.41, 5.74) is 4.28. The highest BCUT2D eigenvalue weighted by Gasteiger charge is 2.35. The lowest BCUT2D eigenvalue weighted by molar-refractivity contribution is -0.139. The number of nitrogens with two attached hydrogens (primary N) is 1. The van der Waals surface area contributed by atoms with Crippen LogP contribution < -0.4 is 10.5 Å². The van der Waals surface area contributed by atoms with Crippen molar-refractivity contribution in [2.24, 2.45) is 0 Å². The first-order chi connectivity index (χ1) is 12.1. The van der Waals surface area contributed by atoms with Gasteiger partial charge in [0.1, 0.15) is 11.8 Å². The molecule has 9 heteroatoms. The van der Waals surface area contributed by atoms with Gasteiger partial charge in [0.15, 0.2) is 5.69 Å². The number of nitriles is 1. The molecule has 26 heavy (non-hydrogen) atoms. The SMILES string of the molecule is COC(=O)c1c(N)c(C#N)cn1-c1ccc(OC(C)C)c(C(F)(F)F)c1. The smallest absolute Gasteiger partial charge is 0.420 e. The van der Waals surface area contributed by atoms with Gasteiger partial charge in [0.25, 0.3) is 0 Å². The lowest BCUT2D eigenvalue weighted by Gasteiger charge is -2.18. The van der Waals surface area contributed by atoms with E-state index in [0.29, 0.717) is 0 Å². The summed E-state index contributed by atoms with van der Waals surface area (Å²) in [5, 5.41) is 9.09. The van der Waals surface area contributed by atoms with Crippen molar-refractivity contribution in [1.29, 1.82) is 5.26 Å². The highest BCUT2D eigenvalue weighted by Crippen LogP contribution is 2.38. The molecule has 0 radical (unpaired) electrons. The first-order valence-corrected chi connectivity index (χ1v) is 7.47. The van der Waals surface area contributed by atoms with Gasteiger partial charge in [-0.3, -0.25) is 0 Å². The molecule has 0 bridgehead atoms. The topological polar surface area (TPSA) is 90.3 Å². The van der Waals surface area contributed by atoms with Gasteiger partial charge < -0.3 is 19.8 Å². The minimum Gasteiger partial charge on any atom is -0.490 e. The lowest BCUT2D eigenvalue weighted by Crippen LogP contribution is -2.15. The fourth-order valence-electron chi connectivity index (χ4n) is 2.36. The second-order valence-electron chi connectivity index (χ2n) is 5.62. The number of carbonyl (C=O) groups excluding carboxylic acids is 1. The third kappa shape index (κ3) is 3.59. The quantitative estimate of drug-likeness (QED) is 0.835. The molecule has 138 valence electrons. The molecule has 0 aliphatic carbocycles. The molecule has 0 atom stereocenters. The van der Waals surface area contributed by atoms with Crippen molar-refractivity contribution < 1.29 is 27.4 Å². The van der Waals surface area contributed by atoms with Gasteiger partial charge in [-0.2, -0.15) is 18.4 Å². The average Bonchev–Trinajstić information content (AvgIpc) is 2.89. The number of halogens is 3. The molecule has 0 aliphatic heterocycles. The first-order valence-electron chi connectivity index (χ1n) is 7.47. The van der Waals surface area contributed by atoms with Crippen LogP contribution in [-0.4, -0.2) is 23.8 Å². The number of benzene rings is 1. The molecule has 0 spiro atoms. The summed E-state index contributed by atoms with van der Waals surface area (Å²) in [6, 6.07) is 5.10. The summed E-state index contributed by atoms with van der Waals surface area (Å²) in [7, 11) is 1.10. The third-order valence-electron chi connectivity index (χ3n) is 3.45. The molecule has 0 saturated heterocycles. The number of hydrogen-bond acceptors (Lipinski definition) is 5. The maximum absolute atomic E-state index is 13.4. The molecular weight excluding hydrogens is 351 g/mol. The lowest BCUT2D eigenvalue weighted by atomic mass is 10.1. The van der Waals surface area contributed by atoms with E-state index in [1.807, 2.05) is 0 Å². The highest BCUT2D eigenvalue weighted by molar-refractivity contribution is 5.96. The number of aromatic nitrogens is 1. The Bertz CT molecular complexity index is 880. The Labute approximate surface area is 147 Å². The molecule has 0 saturated carbocycles. The Balaban J connectivity index is 2.70. The van der Waals surface area contributed by atoms with E-state index in [1.54, 1.807) is 19.9 Å². The molecule has 1 heterocycles. The Morgan fingerprint density at radius 1 is 1.35 bits per heavy atom. The van der Waals surface area contributed by atoms with Crippen LogP contribution in [0.25, 0.3) is 5.69 Å². The molecule has 0 aliphatic rings. The summed E-state index contributed by atoms with van der Waals surface area (Å²) >= 11 is 0. The van der Waals surface area contributed by atoms with Crippen LogP contribution in [0.1, 0.15) is 35.5 Å². The minimum absolute atomic E-state index is 0.0120. The Morgan fingerprint density at radius 2 is 2.00 bits per heavy atom. The summed E-state index contributed by atoms with van der Waals surface area (Å²) in [6.07, 6.45) is -3.96. The molecular formula is C17H16F3N3O3. The first kappa shape index (κ1) is 19.2. The number of rotatable bonds is 4. The highest BCUT2D eigenvalue weighted by atomic mass is 19.4. The Hall–Kier alpha value is -3.15. The van der Waals surface area contributed by atoms with Gasteiger partial charge in [-0.25, -0.2) is 4.79 Å². The zero-order valence-electron chi connectivity index (χ0n) is 14.2. The average molecular weight is 367 g/mol. The normalized spacial score (nSPS) is 11.3. The fourth-order valence-corrected chi connectivity index (χ4v) is 2.36. The van der Waals surface area contributed by atoms with Gasteiger partial charge in [0.05, 0.1) is 30.0 Å². The van der Waals surface area contributed by atoms with Gasteiger partial charge in [0, 0.05) is 11.9 Å². The van der Waals surface area contributed by atoms with Crippen LogP contribution in [0.2, 0.25) is 0 Å². The number of esters is 1. The zero-order valence-corrected chi connectivity index (χ0v) is 14.2. The van der Waals surface area contributed by atoms with E-state index in [-0.39, 0.29) is 28.4 Å². The summed E-state index contributed by atoms with van der Waals surface area (Å²) in [6.45, 7) is 3.21. The van der Waals surface area contributed by atoms with Crippen molar-refractivity contribution in [3.8, 4) is 17.5 Å². The molecule has 2 rings (SSSR count). The van der Waals surface area contributed by atoms with E-state index >= 15 is 0 Å². The molecule has 0 unspecified atom stereocenters. The van der Waals surface area contributed by atoms with Crippen LogP contribution in [0.4, 0.5) is 18.9 Å². The number of nitrogen functional groups attached to an aromatic ring is 1. The molecule has 2 N–H and O–H groups in total. The summed E-state index contributed by atoms with van der Waals surface area (Å²) in [5.74, 6) is -1.21. The predicted molar refractivity (Wildman–Crippen MR) is 87.0 cm³/mol. The van der Waals surface area contributed by atoms with Crippen molar-refractivity contribution in [2.75, 3.05) is 12.8 Å². The number of anilines is 1. The fraction of sp³-hybridized carbons (Fsp3) is 0.294. The van der Waals surface area contributed by atoms with Gasteiger partial charge >= 0.3 is 12.1 Å². The molecule has 2 aromatic rings. The van der Waals surface area contributed by atoms with Crippen molar-refractivity contribution >= 4 is 11.7 Å². The van der Waals surface area contributed by atoms with Crippen molar-refractivity contribution in [3.63, 3.8) is 0 Å². The number of hydrogen-bond donors (Lipinski definition) is 1. The number of carbonyl (C=O) groups is 1. The van der Waals surface area contributed by atoms with Crippen LogP contribution in [-0.2, 0) is 10.9 Å². The van der Waals surface area contributed by atoms with E-state index in [4.69, 9.17) is 15.7 Å². The van der Waals surface area contributed by atoms with Gasteiger partial charge in [-0.1, -0.05) is 0 Å². The van der Waals surface area contributed by atoms with Crippen molar-refractivity contribution in [3.05, 3.63) is 41.2 Å². The number of nitrogens with zero attached hydrogens (tertiary/aromatic N) is 2. The third-order valence-corrected chi connectivity index (χ3v) is 3.45. The molecule has 1 aromatic heterocycles. The largest absolute Gasteiger partial charge is 0.490 e. The van der Waals surface area contributed by atoms with Crippen LogP contribution in [0.15, 0.2) is 24.4 Å². The van der Waals surface area contributed by atoms with Crippen LogP contribution in [0.3, 0.4) is 0 Å². The van der Waals surface area contributed by atoms with Crippen LogP contribution in [0.5, 0.6) is 5.75 Å². The minimum atomic E-state index is -4.68.